The highest BCUT2D eigenvalue weighted by Crippen LogP contribution is 1.88. The van der Waals surface area contributed by atoms with Gasteiger partial charge < -0.3 is 5.32 Å². The lowest BCUT2D eigenvalue weighted by molar-refractivity contribution is 0.319. The quantitative estimate of drug-likeness (QED) is 0.457. The van der Waals surface area contributed by atoms with E-state index in [0.717, 1.165) is 6.54 Å². The molecule has 1 aliphatic heterocycles. The molecule has 0 aromatic heterocycles. The van der Waals surface area contributed by atoms with Crippen LogP contribution < -0.4 is 10.1 Å². The Morgan fingerprint density at radius 1 is 1.80 bits per heavy atom. The summed E-state index contributed by atoms with van der Waals surface area (Å²) in [5.74, 6) is 0. The summed E-state index contributed by atoms with van der Waals surface area (Å²) in [7, 11) is 0. The van der Waals surface area contributed by atoms with Crippen LogP contribution in [0.3, 0.4) is 0 Å². The molecular weight excluding hydrogens is 154 g/mol. The Labute approximate surface area is 61.5 Å². The van der Waals surface area contributed by atoms with Crippen molar-refractivity contribution < 1.29 is 8.76 Å². The normalized spacial score (nSPS) is 20.3. The maximum Gasteiger partial charge on any atom is 0.250 e. The lowest BCUT2D eigenvalue weighted by Crippen LogP contribution is -2.41. The van der Waals surface area contributed by atoms with E-state index in [9.17, 15) is 4.21 Å². The van der Waals surface area contributed by atoms with Gasteiger partial charge in [0.2, 0.25) is 0 Å². The minimum Gasteiger partial charge on any atom is -0.388 e. The predicted molar refractivity (Wildman–Crippen MR) is 37.8 cm³/mol. The topological polar surface area (TPSA) is 64.6 Å². The Morgan fingerprint density at radius 3 is 3.10 bits per heavy atom. The number of hydrazine groups is 1. The molecule has 1 heterocycles. The molecule has 0 aromatic carbocycles. The van der Waals surface area contributed by atoms with Crippen molar-refractivity contribution in [1.29, 1.82) is 0 Å². The maximum absolute atomic E-state index is 10.2. The number of nitrogens with one attached hydrogen (secondary N) is 2. The zero-order valence-corrected chi connectivity index (χ0v) is 6.10. The van der Waals surface area contributed by atoms with E-state index >= 15 is 0 Å². The molecule has 3 N–H and O–H groups in total. The number of nitrogens with zero attached hydrogens (tertiary/aromatic N) is 1. The summed E-state index contributed by atoms with van der Waals surface area (Å²) in [5, 5.41) is 4.49. The van der Waals surface area contributed by atoms with Crippen LogP contribution >= 0.6 is 0 Å². The fourth-order valence-electron chi connectivity index (χ4n) is 0.662. The Kier molecular flexibility index (Phi) is 2.67. The molecule has 1 unspecified atom stereocenters. The second kappa shape index (κ2) is 3.55. The van der Waals surface area contributed by atoms with Gasteiger partial charge in [-0.05, 0) is 0 Å². The summed E-state index contributed by atoms with van der Waals surface area (Å²) >= 11 is -1.97. The molecule has 1 rings (SSSR count). The van der Waals surface area contributed by atoms with Crippen LogP contribution in [0, 0.1) is 0 Å². The van der Waals surface area contributed by atoms with Crippen LogP contribution in [0.5, 0.6) is 0 Å². The van der Waals surface area contributed by atoms with E-state index in [0.29, 0.717) is 6.54 Å². The second-order valence-corrected chi connectivity index (χ2v) is 2.48. The van der Waals surface area contributed by atoms with Gasteiger partial charge in [-0.15, -0.1) is 4.83 Å². The minimum atomic E-state index is -1.97. The molecule has 0 saturated heterocycles. The van der Waals surface area contributed by atoms with Gasteiger partial charge in [-0.3, -0.25) is 9.56 Å². The molecule has 0 aliphatic carbocycles. The molecule has 1 aliphatic rings. The molecule has 6 heteroatoms. The number of hydrogen-bond acceptors (Lipinski definition) is 3. The third-order valence-corrected chi connectivity index (χ3v) is 1.46. The molecule has 0 bridgehead atoms. The molecule has 5 nitrogen and oxygen atoms in total. The highest BCUT2D eigenvalue weighted by Gasteiger charge is 2.02. The van der Waals surface area contributed by atoms with Gasteiger partial charge in [0.05, 0.1) is 6.54 Å². The van der Waals surface area contributed by atoms with E-state index in [1.54, 1.807) is 17.4 Å². The van der Waals surface area contributed by atoms with Crippen molar-refractivity contribution in [2.24, 2.45) is 0 Å². The Balaban J connectivity index is 2.33. The number of hydrogen-bond donors (Lipinski definition) is 3. The van der Waals surface area contributed by atoms with E-state index in [1.807, 2.05) is 0 Å². The van der Waals surface area contributed by atoms with Gasteiger partial charge in [0, 0.05) is 18.9 Å². The van der Waals surface area contributed by atoms with Gasteiger partial charge >= 0.3 is 0 Å². The van der Waals surface area contributed by atoms with Gasteiger partial charge in [-0.1, -0.05) is 0 Å². The van der Waals surface area contributed by atoms with Crippen LogP contribution in [0.4, 0.5) is 0 Å². The van der Waals surface area contributed by atoms with Crippen molar-refractivity contribution in [3.63, 3.8) is 0 Å². The highest BCUT2D eigenvalue weighted by molar-refractivity contribution is 7.77. The SMILES string of the molecule is O=S(O)NN1C=CNCC1. The van der Waals surface area contributed by atoms with Crippen molar-refractivity contribution >= 4 is 11.3 Å². The monoisotopic (exact) mass is 163 g/mol. The zero-order chi connectivity index (χ0) is 7.40. The molecule has 0 saturated carbocycles. The van der Waals surface area contributed by atoms with Crippen LogP contribution in [0.1, 0.15) is 0 Å². The highest BCUT2D eigenvalue weighted by atomic mass is 32.2. The van der Waals surface area contributed by atoms with Crippen molar-refractivity contribution in [3.05, 3.63) is 12.4 Å². The Hall–Kier alpha value is -0.590. The summed E-state index contributed by atoms with van der Waals surface area (Å²) in [5.41, 5.74) is 0. The molecule has 10 heavy (non-hydrogen) atoms. The first-order valence-corrected chi connectivity index (χ1v) is 3.93. The van der Waals surface area contributed by atoms with Crippen molar-refractivity contribution in [2.45, 2.75) is 0 Å². The summed E-state index contributed by atoms with van der Waals surface area (Å²) in [6.45, 7) is 1.46. The molecule has 0 fully saturated rings. The molecule has 0 amide bonds. The first-order valence-electron chi connectivity index (χ1n) is 2.83. The standard InChI is InChI=1S/C4H9N3O2S/c8-10(9)6-7-3-1-5-2-4-7/h1,3,5-6H,2,4H2,(H,8,9). The Bertz CT molecular complexity index is 161. The second-order valence-electron chi connectivity index (χ2n) is 1.80. The van der Waals surface area contributed by atoms with E-state index in [1.165, 1.54) is 0 Å². The Morgan fingerprint density at radius 2 is 2.60 bits per heavy atom. The van der Waals surface area contributed by atoms with Crippen molar-refractivity contribution in [3.8, 4) is 0 Å². The van der Waals surface area contributed by atoms with Crippen LogP contribution in [-0.2, 0) is 11.3 Å². The van der Waals surface area contributed by atoms with Crippen molar-refractivity contribution in [2.75, 3.05) is 13.1 Å². The van der Waals surface area contributed by atoms with Gasteiger partial charge in [-0.25, -0.2) is 4.21 Å². The lowest BCUT2D eigenvalue weighted by atomic mass is 10.5. The first kappa shape index (κ1) is 7.52. The third kappa shape index (κ3) is 2.34. The van der Waals surface area contributed by atoms with E-state index in [-0.39, 0.29) is 0 Å². The lowest BCUT2D eigenvalue weighted by Gasteiger charge is -2.21. The smallest absolute Gasteiger partial charge is 0.250 e. The van der Waals surface area contributed by atoms with Crippen LogP contribution in [0.15, 0.2) is 12.4 Å². The molecule has 0 aromatic rings. The first-order chi connectivity index (χ1) is 4.79. The summed E-state index contributed by atoms with van der Waals surface area (Å²) < 4.78 is 18.5. The maximum atomic E-state index is 10.2. The number of rotatable bonds is 2. The summed E-state index contributed by atoms with van der Waals surface area (Å²) in [6.07, 6.45) is 3.38. The van der Waals surface area contributed by atoms with E-state index < -0.39 is 11.3 Å². The molecular formula is C4H9N3O2S. The fourth-order valence-corrected chi connectivity index (χ4v) is 1.01. The predicted octanol–water partition coefficient (Wildman–Crippen LogP) is -0.996. The molecule has 0 radical (unpaired) electrons. The van der Waals surface area contributed by atoms with Crippen LogP contribution in [-0.4, -0.2) is 26.9 Å². The third-order valence-electron chi connectivity index (χ3n) is 1.06. The van der Waals surface area contributed by atoms with Crippen LogP contribution in [0.2, 0.25) is 0 Å². The average Bonchev–Trinajstić information content (AvgIpc) is 1.88. The molecule has 58 valence electrons. The summed E-state index contributed by atoms with van der Waals surface area (Å²) in [6, 6.07) is 0. The van der Waals surface area contributed by atoms with Gasteiger partial charge in [0.15, 0.2) is 0 Å². The minimum absolute atomic E-state index is 0.683. The van der Waals surface area contributed by atoms with E-state index in [4.69, 9.17) is 4.55 Å². The van der Waals surface area contributed by atoms with Gasteiger partial charge in [0.25, 0.3) is 11.3 Å². The fraction of sp³-hybridized carbons (Fsp3) is 0.500. The van der Waals surface area contributed by atoms with Gasteiger partial charge in [0.1, 0.15) is 0 Å². The average molecular weight is 163 g/mol. The largest absolute Gasteiger partial charge is 0.388 e. The van der Waals surface area contributed by atoms with Crippen LogP contribution in [0.25, 0.3) is 0 Å². The zero-order valence-electron chi connectivity index (χ0n) is 5.28. The summed E-state index contributed by atoms with van der Waals surface area (Å²) in [4.78, 5) is 2.32. The van der Waals surface area contributed by atoms with E-state index in [2.05, 4.69) is 10.1 Å². The molecule has 0 spiro atoms. The van der Waals surface area contributed by atoms with Gasteiger partial charge in [-0.2, -0.15) is 0 Å². The van der Waals surface area contributed by atoms with Crippen molar-refractivity contribution in [1.82, 2.24) is 15.2 Å². The molecule has 1 atom stereocenters.